The van der Waals surface area contributed by atoms with Gasteiger partial charge in [0.25, 0.3) is 0 Å². The molecule has 1 aromatic carbocycles. The van der Waals surface area contributed by atoms with Crippen LogP contribution in [0.4, 0.5) is 0 Å². The molecule has 6 heteroatoms. The highest BCUT2D eigenvalue weighted by molar-refractivity contribution is 5.85. The van der Waals surface area contributed by atoms with E-state index in [0.717, 1.165) is 51.2 Å². The predicted molar refractivity (Wildman–Crippen MR) is 108 cm³/mol. The first-order valence-corrected chi connectivity index (χ1v) is 10.3. The highest BCUT2D eigenvalue weighted by Crippen LogP contribution is 2.43. The number of aromatic nitrogens is 3. The van der Waals surface area contributed by atoms with Crippen LogP contribution in [0.25, 0.3) is 10.9 Å². The molecule has 2 aliphatic rings. The van der Waals surface area contributed by atoms with Crippen molar-refractivity contribution in [1.82, 2.24) is 19.7 Å². The number of aliphatic hydroxyl groups excluding tert-OH is 1. The Morgan fingerprint density at radius 3 is 2.89 bits per heavy atom. The second kappa shape index (κ2) is 7.03. The summed E-state index contributed by atoms with van der Waals surface area (Å²) in [7, 11) is 0. The zero-order chi connectivity index (χ0) is 19.1. The third-order valence-electron chi connectivity index (χ3n) is 6.43. The van der Waals surface area contributed by atoms with E-state index in [1.54, 1.807) is 0 Å². The summed E-state index contributed by atoms with van der Waals surface area (Å²) in [6.45, 7) is 6.47. The van der Waals surface area contributed by atoms with Crippen molar-refractivity contribution in [2.45, 2.75) is 44.9 Å². The molecular formula is C22H28N4O2. The normalized spacial score (nSPS) is 19.4. The zero-order valence-corrected chi connectivity index (χ0v) is 16.4. The van der Waals surface area contributed by atoms with Gasteiger partial charge in [0.1, 0.15) is 5.60 Å². The molecule has 5 rings (SSSR count). The van der Waals surface area contributed by atoms with Gasteiger partial charge in [0.05, 0.1) is 31.1 Å². The van der Waals surface area contributed by atoms with E-state index in [0.29, 0.717) is 6.54 Å². The lowest BCUT2D eigenvalue weighted by molar-refractivity contribution is -0.101. The van der Waals surface area contributed by atoms with E-state index in [-0.39, 0.29) is 12.2 Å². The van der Waals surface area contributed by atoms with E-state index in [2.05, 4.69) is 52.4 Å². The van der Waals surface area contributed by atoms with Gasteiger partial charge in [-0.1, -0.05) is 18.2 Å². The van der Waals surface area contributed by atoms with Crippen LogP contribution in [-0.4, -0.2) is 51.1 Å². The van der Waals surface area contributed by atoms with Crippen molar-refractivity contribution in [3.8, 4) is 0 Å². The molecule has 28 heavy (non-hydrogen) atoms. The van der Waals surface area contributed by atoms with Gasteiger partial charge in [0.15, 0.2) is 0 Å². The van der Waals surface area contributed by atoms with E-state index < -0.39 is 0 Å². The van der Waals surface area contributed by atoms with Gasteiger partial charge in [0.2, 0.25) is 0 Å². The lowest BCUT2D eigenvalue weighted by Gasteiger charge is -2.43. The highest BCUT2D eigenvalue weighted by Gasteiger charge is 2.42. The monoisotopic (exact) mass is 380 g/mol. The molecule has 1 fully saturated rings. The van der Waals surface area contributed by atoms with Crippen LogP contribution in [-0.2, 0) is 29.8 Å². The molecule has 0 radical (unpaired) electrons. The molecular weight excluding hydrogens is 352 g/mol. The summed E-state index contributed by atoms with van der Waals surface area (Å²) < 4.78 is 8.26. The third-order valence-corrected chi connectivity index (χ3v) is 6.43. The van der Waals surface area contributed by atoms with Crippen LogP contribution in [0.3, 0.4) is 0 Å². The number of ether oxygens (including phenoxy) is 1. The summed E-state index contributed by atoms with van der Waals surface area (Å²) in [4.78, 5) is 6.19. The summed E-state index contributed by atoms with van der Waals surface area (Å²) in [5.74, 6) is 0. The molecule has 2 aromatic heterocycles. The Labute approximate surface area is 165 Å². The van der Waals surface area contributed by atoms with Gasteiger partial charge in [-0.3, -0.25) is 9.58 Å². The highest BCUT2D eigenvalue weighted by atomic mass is 16.5. The van der Waals surface area contributed by atoms with Crippen molar-refractivity contribution in [1.29, 1.82) is 0 Å². The summed E-state index contributed by atoms with van der Waals surface area (Å²) in [5.41, 5.74) is 6.13. The zero-order valence-electron chi connectivity index (χ0n) is 16.4. The smallest absolute Gasteiger partial charge is 0.110 e. The topological polar surface area (TPSA) is 66.3 Å². The fraction of sp³-hybridized carbons (Fsp3) is 0.500. The van der Waals surface area contributed by atoms with Crippen molar-refractivity contribution in [2.24, 2.45) is 0 Å². The van der Waals surface area contributed by atoms with Gasteiger partial charge < -0.3 is 14.8 Å². The van der Waals surface area contributed by atoms with Gasteiger partial charge in [0, 0.05) is 42.3 Å². The van der Waals surface area contributed by atoms with E-state index in [9.17, 15) is 0 Å². The minimum Gasteiger partial charge on any atom is -0.394 e. The first kappa shape index (κ1) is 17.9. The molecule has 6 nitrogen and oxygen atoms in total. The molecule has 1 saturated heterocycles. The fourth-order valence-electron chi connectivity index (χ4n) is 4.91. The van der Waals surface area contributed by atoms with Crippen LogP contribution in [0, 0.1) is 6.92 Å². The number of piperidine rings is 1. The Morgan fingerprint density at radius 1 is 1.25 bits per heavy atom. The van der Waals surface area contributed by atoms with Gasteiger partial charge in [-0.2, -0.15) is 5.10 Å². The number of nitrogens with zero attached hydrogens (tertiary/aromatic N) is 3. The molecule has 0 bridgehead atoms. The van der Waals surface area contributed by atoms with Gasteiger partial charge >= 0.3 is 0 Å². The van der Waals surface area contributed by atoms with E-state index in [4.69, 9.17) is 9.84 Å². The standard InChI is InChI=1S/C22H28N4O2/c1-16-17(15-26(24-16)11-12-27)14-25-9-7-22(8-10-25)21-19(6-13-28-22)18-4-2-3-5-20(18)23-21/h2-5,15,23,27H,6-14H2,1H3. The summed E-state index contributed by atoms with van der Waals surface area (Å²) in [6.07, 6.45) is 5.09. The quantitative estimate of drug-likeness (QED) is 0.730. The number of aliphatic hydroxyl groups is 1. The first-order chi connectivity index (χ1) is 13.7. The molecule has 0 atom stereocenters. The molecule has 2 aliphatic heterocycles. The molecule has 1 spiro atoms. The van der Waals surface area contributed by atoms with E-state index in [1.807, 2.05) is 4.68 Å². The minimum atomic E-state index is -0.167. The van der Waals surface area contributed by atoms with Crippen LogP contribution in [0.5, 0.6) is 0 Å². The average Bonchev–Trinajstić information content (AvgIpc) is 3.26. The van der Waals surface area contributed by atoms with Gasteiger partial charge in [-0.05, 0) is 37.8 Å². The SMILES string of the molecule is Cc1nn(CCO)cc1CN1CCC2(CC1)OCCc1c2[nH]c2ccccc12. The molecule has 3 aromatic rings. The first-order valence-electron chi connectivity index (χ1n) is 10.3. The molecule has 0 aliphatic carbocycles. The van der Waals surface area contributed by atoms with Crippen molar-refractivity contribution in [3.63, 3.8) is 0 Å². The molecule has 148 valence electrons. The van der Waals surface area contributed by atoms with Crippen LogP contribution < -0.4 is 0 Å². The second-order valence-electron chi connectivity index (χ2n) is 8.12. The maximum absolute atomic E-state index is 9.13. The second-order valence-corrected chi connectivity index (χ2v) is 8.12. The molecule has 4 heterocycles. The number of para-hydroxylation sites is 1. The number of benzene rings is 1. The summed E-state index contributed by atoms with van der Waals surface area (Å²) in [6, 6.07) is 8.62. The Bertz CT molecular complexity index is 982. The van der Waals surface area contributed by atoms with Crippen molar-refractivity contribution < 1.29 is 9.84 Å². The van der Waals surface area contributed by atoms with Crippen molar-refractivity contribution in [3.05, 3.63) is 53.0 Å². The number of aryl methyl sites for hydroxylation is 1. The maximum Gasteiger partial charge on any atom is 0.110 e. The van der Waals surface area contributed by atoms with Crippen molar-refractivity contribution >= 4 is 10.9 Å². The summed E-state index contributed by atoms with van der Waals surface area (Å²) >= 11 is 0. The molecule has 0 unspecified atom stereocenters. The number of likely N-dealkylation sites (tertiary alicyclic amines) is 1. The van der Waals surface area contributed by atoms with Gasteiger partial charge in [-0.15, -0.1) is 0 Å². The molecule has 0 saturated carbocycles. The van der Waals surface area contributed by atoms with E-state index >= 15 is 0 Å². The summed E-state index contributed by atoms with van der Waals surface area (Å²) in [5, 5.41) is 15.0. The number of nitrogens with one attached hydrogen (secondary N) is 1. The molecule has 0 amide bonds. The largest absolute Gasteiger partial charge is 0.394 e. The number of fused-ring (bicyclic) bond motifs is 4. The Balaban J connectivity index is 1.34. The predicted octanol–water partition coefficient (Wildman–Crippen LogP) is 2.73. The Kier molecular flexibility index (Phi) is 4.50. The van der Waals surface area contributed by atoms with E-state index in [1.165, 1.54) is 27.7 Å². The maximum atomic E-state index is 9.13. The average molecular weight is 380 g/mol. The minimum absolute atomic E-state index is 0.122. The number of hydrogen-bond donors (Lipinski definition) is 2. The number of H-pyrrole nitrogens is 1. The van der Waals surface area contributed by atoms with Crippen LogP contribution in [0.15, 0.2) is 30.5 Å². The fourth-order valence-corrected chi connectivity index (χ4v) is 4.91. The third kappa shape index (κ3) is 2.96. The lowest BCUT2D eigenvalue weighted by Crippen LogP contribution is -2.46. The molecule has 2 N–H and O–H groups in total. The van der Waals surface area contributed by atoms with Crippen LogP contribution >= 0.6 is 0 Å². The number of aromatic amines is 1. The Morgan fingerprint density at radius 2 is 2.07 bits per heavy atom. The van der Waals surface area contributed by atoms with Crippen LogP contribution in [0.2, 0.25) is 0 Å². The van der Waals surface area contributed by atoms with Crippen LogP contribution in [0.1, 0.15) is 35.4 Å². The van der Waals surface area contributed by atoms with Gasteiger partial charge in [-0.25, -0.2) is 0 Å². The number of rotatable bonds is 4. The van der Waals surface area contributed by atoms with Crippen molar-refractivity contribution in [2.75, 3.05) is 26.3 Å². The lowest BCUT2D eigenvalue weighted by atomic mass is 9.83. The number of hydrogen-bond acceptors (Lipinski definition) is 4. The Hall–Kier alpha value is -2.15.